The predicted octanol–water partition coefficient (Wildman–Crippen LogP) is 3.83. The van der Waals surface area contributed by atoms with Crippen LogP contribution in [-0.4, -0.2) is 55.7 Å². The molecule has 0 amide bonds. The molecule has 0 N–H and O–H groups in total. The third-order valence-electron chi connectivity index (χ3n) is 5.26. The molecule has 0 unspecified atom stereocenters. The van der Waals surface area contributed by atoms with Gasteiger partial charge in [-0.15, -0.1) is 0 Å². The van der Waals surface area contributed by atoms with Crippen LogP contribution in [0, 0.1) is 0 Å². The molecule has 2 aromatic carbocycles. The summed E-state index contributed by atoms with van der Waals surface area (Å²) in [5.74, 6) is 0. The highest BCUT2D eigenvalue weighted by molar-refractivity contribution is 6.36. The number of hydrogen-bond acceptors (Lipinski definition) is 4. The first-order valence-corrected chi connectivity index (χ1v) is 9.91. The average Bonchev–Trinajstić information content (AvgIpc) is 2.88. The van der Waals surface area contributed by atoms with Crippen molar-refractivity contribution in [1.82, 2.24) is 9.47 Å². The molecule has 1 atom stereocenters. The predicted molar refractivity (Wildman–Crippen MR) is 108 cm³/mol. The van der Waals surface area contributed by atoms with Crippen LogP contribution in [0.3, 0.4) is 0 Å². The Bertz CT molecular complexity index is 913. The molecule has 2 bridgehead atoms. The van der Waals surface area contributed by atoms with E-state index in [0.29, 0.717) is 29.8 Å². The highest BCUT2D eigenvalue weighted by Crippen LogP contribution is 2.33. The molecule has 4 heterocycles. The van der Waals surface area contributed by atoms with Crippen molar-refractivity contribution in [3.05, 3.63) is 46.4 Å². The van der Waals surface area contributed by atoms with E-state index in [1.165, 1.54) is 0 Å². The highest BCUT2D eigenvalue weighted by Gasteiger charge is 2.33. The summed E-state index contributed by atoms with van der Waals surface area (Å²) in [4.78, 5) is 2.33. The van der Waals surface area contributed by atoms with Crippen molar-refractivity contribution < 1.29 is 14.0 Å². The van der Waals surface area contributed by atoms with Crippen LogP contribution in [0.25, 0.3) is 21.8 Å². The standard InChI is InChI=1S/C19H19BCl2N2O3/c21-13-1-3-18-16(9-13)17-10-14(22)2-4-19(17)24(18)12-15-11-23-5-7-25-20(27-15)26-8-6-23/h1-4,9-10,15H,5-8,11-12H2/t15-/m0/s1. The van der Waals surface area contributed by atoms with Crippen LogP contribution in [0.2, 0.25) is 10.0 Å². The van der Waals surface area contributed by atoms with Gasteiger partial charge < -0.3 is 18.5 Å². The molecule has 0 spiro atoms. The van der Waals surface area contributed by atoms with Gasteiger partial charge in [0.05, 0.1) is 6.10 Å². The summed E-state index contributed by atoms with van der Waals surface area (Å²) in [5, 5.41) is 3.62. The third-order valence-corrected chi connectivity index (χ3v) is 5.73. The Balaban J connectivity index is 1.57. The maximum Gasteiger partial charge on any atom is 0.639 e. The molecule has 1 aromatic heterocycles. The second-order valence-electron chi connectivity index (χ2n) is 7.02. The lowest BCUT2D eigenvalue weighted by atomic mass is 10.1. The second-order valence-corrected chi connectivity index (χ2v) is 7.90. The summed E-state index contributed by atoms with van der Waals surface area (Å²) in [6.07, 6.45) is -0.0410. The van der Waals surface area contributed by atoms with Crippen molar-refractivity contribution in [3.63, 3.8) is 0 Å². The van der Waals surface area contributed by atoms with Crippen molar-refractivity contribution in [2.75, 3.05) is 32.8 Å². The summed E-state index contributed by atoms with van der Waals surface area (Å²) < 4.78 is 19.8. The monoisotopic (exact) mass is 404 g/mol. The third kappa shape index (κ3) is 3.46. The zero-order valence-corrected chi connectivity index (χ0v) is 16.2. The zero-order chi connectivity index (χ0) is 18.4. The van der Waals surface area contributed by atoms with Crippen LogP contribution in [0.4, 0.5) is 0 Å². The second kappa shape index (κ2) is 7.28. The molecule has 3 aliphatic heterocycles. The van der Waals surface area contributed by atoms with Crippen molar-refractivity contribution in [3.8, 4) is 0 Å². The molecule has 6 rings (SSSR count). The van der Waals surface area contributed by atoms with E-state index in [9.17, 15) is 0 Å². The molecular formula is C19H19BCl2N2O3. The van der Waals surface area contributed by atoms with Gasteiger partial charge in [-0.25, -0.2) is 0 Å². The largest absolute Gasteiger partial charge is 0.639 e. The van der Waals surface area contributed by atoms with Crippen LogP contribution < -0.4 is 0 Å². The summed E-state index contributed by atoms with van der Waals surface area (Å²) in [6.45, 7) is 4.61. The lowest BCUT2D eigenvalue weighted by Crippen LogP contribution is -2.50. The number of rotatable bonds is 2. The minimum atomic E-state index is -0.588. The molecular weight excluding hydrogens is 386 g/mol. The van der Waals surface area contributed by atoms with Gasteiger partial charge in [0.25, 0.3) is 0 Å². The fourth-order valence-electron chi connectivity index (χ4n) is 4.01. The summed E-state index contributed by atoms with van der Waals surface area (Å²) >= 11 is 12.5. The van der Waals surface area contributed by atoms with Gasteiger partial charge in [0.1, 0.15) is 0 Å². The molecule has 140 valence electrons. The molecule has 8 heteroatoms. The SMILES string of the molecule is Clc1ccc2c(c1)c1cc(Cl)ccc1n2C[C@@H]1CN2CCOB(OCC2)O1. The first-order valence-electron chi connectivity index (χ1n) is 9.15. The zero-order valence-electron chi connectivity index (χ0n) is 14.7. The van der Waals surface area contributed by atoms with E-state index in [2.05, 4.69) is 21.6 Å². The van der Waals surface area contributed by atoms with E-state index in [0.717, 1.165) is 41.4 Å². The van der Waals surface area contributed by atoms with Gasteiger partial charge in [-0.2, -0.15) is 0 Å². The molecule has 3 fully saturated rings. The highest BCUT2D eigenvalue weighted by atomic mass is 35.5. The van der Waals surface area contributed by atoms with Crippen molar-refractivity contribution >= 4 is 52.3 Å². The molecule has 0 radical (unpaired) electrons. The Hall–Kier alpha value is -1.28. The molecule has 0 aliphatic carbocycles. The van der Waals surface area contributed by atoms with Gasteiger partial charge in [0.15, 0.2) is 0 Å². The fourth-order valence-corrected chi connectivity index (χ4v) is 4.36. The number of benzene rings is 2. The number of aromatic nitrogens is 1. The quantitative estimate of drug-likeness (QED) is 0.608. The van der Waals surface area contributed by atoms with Gasteiger partial charge in [-0.05, 0) is 36.4 Å². The van der Waals surface area contributed by atoms with Crippen LogP contribution in [-0.2, 0) is 20.5 Å². The Morgan fingerprint density at radius 1 is 0.926 bits per heavy atom. The normalized spacial score (nSPS) is 23.6. The lowest BCUT2D eigenvalue weighted by Gasteiger charge is -2.35. The van der Waals surface area contributed by atoms with E-state index in [1.807, 2.05) is 24.3 Å². The fraction of sp³-hybridized carbons (Fsp3) is 0.368. The van der Waals surface area contributed by atoms with Gasteiger partial charge in [0.2, 0.25) is 0 Å². The van der Waals surface area contributed by atoms with Gasteiger partial charge in [-0.3, -0.25) is 4.90 Å². The van der Waals surface area contributed by atoms with Crippen LogP contribution >= 0.6 is 23.2 Å². The number of fused-ring (bicyclic) bond motifs is 9. The summed E-state index contributed by atoms with van der Waals surface area (Å²) in [5.41, 5.74) is 2.23. The minimum Gasteiger partial charge on any atom is -0.385 e. The molecule has 3 aromatic rings. The Morgan fingerprint density at radius 2 is 1.52 bits per heavy atom. The number of halogens is 2. The topological polar surface area (TPSA) is 35.9 Å². The van der Waals surface area contributed by atoms with Crippen molar-refractivity contribution in [1.29, 1.82) is 0 Å². The van der Waals surface area contributed by atoms with Crippen molar-refractivity contribution in [2.45, 2.75) is 12.6 Å². The van der Waals surface area contributed by atoms with Gasteiger partial charge >= 0.3 is 7.32 Å². The first kappa shape index (κ1) is 17.8. The molecule has 3 aliphatic rings. The van der Waals surface area contributed by atoms with Gasteiger partial charge in [0, 0.05) is 71.2 Å². The van der Waals surface area contributed by atoms with Crippen LogP contribution in [0.5, 0.6) is 0 Å². The Labute approximate surface area is 167 Å². The Morgan fingerprint density at radius 3 is 2.11 bits per heavy atom. The van der Waals surface area contributed by atoms with E-state index in [4.69, 9.17) is 37.2 Å². The average molecular weight is 405 g/mol. The summed E-state index contributed by atoms with van der Waals surface area (Å²) in [6, 6.07) is 11.9. The minimum absolute atomic E-state index is 0.0410. The van der Waals surface area contributed by atoms with E-state index in [-0.39, 0.29) is 6.10 Å². The van der Waals surface area contributed by atoms with E-state index in [1.54, 1.807) is 0 Å². The van der Waals surface area contributed by atoms with E-state index < -0.39 is 7.32 Å². The smallest absolute Gasteiger partial charge is 0.385 e. The van der Waals surface area contributed by atoms with E-state index >= 15 is 0 Å². The van der Waals surface area contributed by atoms with Crippen LogP contribution in [0.1, 0.15) is 0 Å². The maximum absolute atomic E-state index is 6.26. The van der Waals surface area contributed by atoms with Gasteiger partial charge in [-0.1, -0.05) is 23.2 Å². The molecule has 27 heavy (non-hydrogen) atoms. The number of hydrogen-bond donors (Lipinski definition) is 0. The van der Waals surface area contributed by atoms with Crippen molar-refractivity contribution in [2.24, 2.45) is 0 Å². The number of nitrogens with zero attached hydrogens (tertiary/aromatic N) is 2. The maximum atomic E-state index is 6.26. The van der Waals surface area contributed by atoms with Crippen LogP contribution in [0.15, 0.2) is 36.4 Å². The first-order chi connectivity index (χ1) is 13.2. The molecule has 0 saturated carbocycles. The molecule has 5 nitrogen and oxygen atoms in total. The summed E-state index contributed by atoms with van der Waals surface area (Å²) in [7, 11) is -0.588. The Kier molecular flexibility index (Phi) is 4.80. The lowest BCUT2D eigenvalue weighted by molar-refractivity contribution is -0.0232. The molecule has 3 saturated heterocycles.